The van der Waals surface area contributed by atoms with Crippen LogP contribution in [-0.4, -0.2) is 42.5 Å². The summed E-state index contributed by atoms with van der Waals surface area (Å²) in [5, 5.41) is 3.68. The van der Waals surface area contributed by atoms with Gasteiger partial charge in [-0.15, -0.1) is 0 Å². The second kappa shape index (κ2) is 9.26. The van der Waals surface area contributed by atoms with E-state index >= 15 is 0 Å². The van der Waals surface area contributed by atoms with Gasteiger partial charge in [-0.3, -0.25) is 9.59 Å². The molecule has 0 saturated carbocycles. The van der Waals surface area contributed by atoms with E-state index < -0.39 is 0 Å². The molecule has 0 radical (unpaired) electrons. The van der Waals surface area contributed by atoms with E-state index in [-0.39, 0.29) is 30.4 Å². The number of likely N-dealkylation sites (tertiary alicyclic amines) is 1. The Balaban J connectivity index is 1.98. The zero-order chi connectivity index (χ0) is 19.3. The molecule has 144 valence electrons. The number of nitrogens with zero attached hydrogens (tertiary/aromatic N) is 1. The van der Waals surface area contributed by atoms with Gasteiger partial charge in [-0.05, 0) is 48.9 Å². The van der Waals surface area contributed by atoms with Crippen LogP contribution in [0.2, 0.25) is 5.02 Å². The Labute approximate surface area is 161 Å². The van der Waals surface area contributed by atoms with Crippen molar-refractivity contribution in [2.45, 2.75) is 58.9 Å². The number of piperidine rings is 1. The summed E-state index contributed by atoms with van der Waals surface area (Å²) in [6.07, 6.45) is 2.25. The van der Waals surface area contributed by atoms with Crippen molar-refractivity contribution in [3.8, 4) is 5.75 Å². The summed E-state index contributed by atoms with van der Waals surface area (Å²) in [4.78, 5) is 25.9. The molecule has 6 heteroatoms. The number of carbonyl (C=O) groups excluding carboxylic acids is 2. The SMILES string of the molecule is CCC(=O)NC1CCCN(C(=O)COc2cc(C)c(Cl)cc2C(C)C)C1. The maximum atomic E-state index is 12.6. The van der Waals surface area contributed by atoms with E-state index in [1.54, 1.807) is 4.90 Å². The molecule has 1 atom stereocenters. The van der Waals surface area contributed by atoms with Crippen molar-refractivity contribution in [1.29, 1.82) is 0 Å². The Morgan fingerprint density at radius 1 is 1.38 bits per heavy atom. The number of nitrogens with one attached hydrogen (secondary N) is 1. The van der Waals surface area contributed by atoms with Crippen molar-refractivity contribution in [2.75, 3.05) is 19.7 Å². The van der Waals surface area contributed by atoms with Gasteiger partial charge in [0, 0.05) is 30.6 Å². The standard InChI is InChI=1S/C20H29ClN2O3/c1-5-19(24)22-15-7-6-8-23(11-15)20(25)12-26-18-9-14(4)17(21)10-16(18)13(2)3/h9-10,13,15H,5-8,11-12H2,1-4H3,(H,22,24). The van der Waals surface area contributed by atoms with E-state index in [9.17, 15) is 9.59 Å². The lowest BCUT2D eigenvalue weighted by molar-refractivity contribution is -0.135. The Morgan fingerprint density at radius 3 is 2.77 bits per heavy atom. The van der Waals surface area contributed by atoms with Crippen LogP contribution in [0.4, 0.5) is 0 Å². The normalized spacial score (nSPS) is 17.3. The molecule has 2 amide bonds. The number of amides is 2. The second-order valence-electron chi connectivity index (χ2n) is 7.18. The average molecular weight is 381 g/mol. The molecule has 0 aliphatic carbocycles. The monoisotopic (exact) mass is 380 g/mol. The molecule has 5 nitrogen and oxygen atoms in total. The first-order valence-corrected chi connectivity index (χ1v) is 9.69. The summed E-state index contributed by atoms with van der Waals surface area (Å²) in [5.74, 6) is 0.937. The molecule has 1 unspecified atom stereocenters. The molecule has 1 N–H and O–H groups in total. The number of benzene rings is 1. The van der Waals surface area contributed by atoms with Gasteiger partial charge in [-0.25, -0.2) is 0 Å². The lowest BCUT2D eigenvalue weighted by Crippen LogP contribution is -2.50. The topological polar surface area (TPSA) is 58.6 Å². The molecular formula is C20H29ClN2O3. The third kappa shape index (κ3) is 5.37. The fourth-order valence-corrected chi connectivity index (χ4v) is 3.30. The van der Waals surface area contributed by atoms with Crippen molar-refractivity contribution in [1.82, 2.24) is 10.2 Å². The van der Waals surface area contributed by atoms with Gasteiger partial charge in [-0.1, -0.05) is 32.4 Å². The molecular weight excluding hydrogens is 352 g/mol. The minimum absolute atomic E-state index is 0.00473. The molecule has 2 rings (SSSR count). The highest BCUT2D eigenvalue weighted by Crippen LogP contribution is 2.32. The van der Waals surface area contributed by atoms with Crippen molar-refractivity contribution in [3.63, 3.8) is 0 Å². The van der Waals surface area contributed by atoms with E-state index in [0.29, 0.717) is 30.3 Å². The first-order valence-electron chi connectivity index (χ1n) is 9.31. The van der Waals surface area contributed by atoms with Crippen LogP contribution in [0.3, 0.4) is 0 Å². The van der Waals surface area contributed by atoms with E-state index in [2.05, 4.69) is 19.2 Å². The Bertz CT molecular complexity index is 661. The van der Waals surface area contributed by atoms with Gasteiger partial charge in [0.2, 0.25) is 5.91 Å². The molecule has 0 aromatic heterocycles. The third-order valence-corrected chi connectivity index (χ3v) is 5.13. The number of halogens is 1. The summed E-state index contributed by atoms with van der Waals surface area (Å²) in [6, 6.07) is 3.84. The highest BCUT2D eigenvalue weighted by atomic mass is 35.5. The second-order valence-corrected chi connectivity index (χ2v) is 7.59. The number of hydrogen-bond acceptors (Lipinski definition) is 3. The maximum Gasteiger partial charge on any atom is 0.260 e. The largest absolute Gasteiger partial charge is 0.483 e. The quantitative estimate of drug-likeness (QED) is 0.819. The van der Waals surface area contributed by atoms with E-state index in [1.165, 1.54) is 0 Å². The molecule has 0 spiro atoms. The minimum atomic E-state index is -0.0530. The molecule has 26 heavy (non-hydrogen) atoms. The first kappa shape index (κ1) is 20.6. The molecule has 1 aliphatic heterocycles. The summed E-state index contributed by atoms with van der Waals surface area (Å²) in [6.45, 7) is 9.14. The number of rotatable bonds is 6. The molecule has 0 bridgehead atoms. The fraction of sp³-hybridized carbons (Fsp3) is 0.600. The van der Waals surface area contributed by atoms with Crippen LogP contribution < -0.4 is 10.1 Å². The number of ether oxygens (including phenoxy) is 1. The van der Waals surface area contributed by atoms with Gasteiger partial charge in [0.1, 0.15) is 5.75 Å². The van der Waals surface area contributed by atoms with Gasteiger partial charge in [0.15, 0.2) is 6.61 Å². The van der Waals surface area contributed by atoms with Crippen molar-refractivity contribution >= 4 is 23.4 Å². The predicted octanol–water partition coefficient (Wildman–Crippen LogP) is 3.67. The minimum Gasteiger partial charge on any atom is -0.483 e. The van der Waals surface area contributed by atoms with Gasteiger partial charge >= 0.3 is 0 Å². The van der Waals surface area contributed by atoms with Gasteiger partial charge in [0.25, 0.3) is 5.91 Å². The maximum absolute atomic E-state index is 12.6. The van der Waals surface area contributed by atoms with Crippen LogP contribution in [-0.2, 0) is 9.59 Å². The molecule has 1 fully saturated rings. The zero-order valence-corrected chi connectivity index (χ0v) is 16.9. The fourth-order valence-electron chi connectivity index (χ4n) is 3.13. The van der Waals surface area contributed by atoms with Crippen LogP contribution in [0.1, 0.15) is 57.1 Å². The van der Waals surface area contributed by atoms with Crippen LogP contribution >= 0.6 is 11.6 Å². The predicted molar refractivity (Wildman–Crippen MR) is 104 cm³/mol. The lowest BCUT2D eigenvalue weighted by atomic mass is 10.0. The van der Waals surface area contributed by atoms with Crippen LogP contribution in [0.15, 0.2) is 12.1 Å². The van der Waals surface area contributed by atoms with Crippen molar-refractivity contribution < 1.29 is 14.3 Å². The van der Waals surface area contributed by atoms with Crippen LogP contribution in [0.25, 0.3) is 0 Å². The Hall–Kier alpha value is -1.75. The summed E-state index contributed by atoms with van der Waals surface area (Å²) in [7, 11) is 0. The summed E-state index contributed by atoms with van der Waals surface area (Å²) < 4.78 is 5.85. The van der Waals surface area contributed by atoms with E-state index in [0.717, 1.165) is 24.0 Å². The molecule has 1 heterocycles. The Kier molecular flexibility index (Phi) is 7.33. The Morgan fingerprint density at radius 2 is 2.12 bits per heavy atom. The molecule has 1 aromatic carbocycles. The van der Waals surface area contributed by atoms with Gasteiger partial charge in [0.05, 0.1) is 0 Å². The lowest BCUT2D eigenvalue weighted by Gasteiger charge is -2.33. The molecule has 1 aliphatic rings. The number of hydrogen-bond donors (Lipinski definition) is 1. The molecule has 1 saturated heterocycles. The van der Waals surface area contributed by atoms with Gasteiger partial charge < -0.3 is 15.0 Å². The van der Waals surface area contributed by atoms with E-state index in [1.807, 2.05) is 26.0 Å². The smallest absolute Gasteiger partial charge is 0.260 e. The number of aryl methyl sites for hydroxylation is 1. The van der Waals surface area contributed by atoms with Gasteiger partial charge in [-0.2, -0.15) is 0 Å². The first-order chi connectivity index (χ1) is 12.3. The third-order valence-electron chi connectivity index (χ3n) is 4.72. The van der Waals surface area contributed by atoms with E-state index in [4.69, 9.17) is 16.3 Å². The van der Waals surface area contributed by atoms with Crippen molar-refractivity contribution in [2.24, 2.45) is 0 Å². The zero-order valence-electron chi connectivity index (χ0n) is 16.1. The van der Waals surface area contributed by atoms with Crippen LogP contribution in [0.5, 0.6) is 5.75 Å². The summed E-state index contributed by atoms with van der Waals surface area (Å²) in [5.41, 5.74) is 1.93. The number of carbonyl (C=O) groups is 2. The summed E-state index contributed by atoms with van der Waals surface area (Å²) >= 11 is 6.22. The highest BCUT2D eigenvalue weighted by molar-refractivity contribution is 6.31. The molecule has 1 aromatic rings. The highest BCUT2D eigenvalue weighted by Gasteiger charge is 2.25. The van der Waals surface area contributed by atoms with Crippen LogP contribution in [0, 0.1) is 6.92 Å². The average Bonchev–Trinajstić information content (AvgIpc) is 2.61. The van der Waals surface area contributed by atoms with Crippen molar-refractivity contribution in [3.05, 3.63) is 28.3 Å².